The minimum absolute atomic E-state index is 0.922. The zero-order valence-electron chi connectivity index (χ0n) is 7.23. The van der Waals surface area contributed by atoms with E-state index in [1.165, 1.54) is 0 Å². The van der Waals surface area contributed by atoms with Crippen molar-refractivity contribution in [1.29, 1.82) is 0 Å². The molecule has 0 unspecified atom stereocenters. The molecule has 13 heavy (non-hydrogen) atoms. The number of benzene rings is 1. The molecule has 0 spiro atoms. The van der Waals surface area contributed by atoms with Crippen molar-refractivity contribution >= 4 is 17.0 Å². The SMILES string of the molecule is C=CC=Cc1cccc2occc12. The van der Waals surface area contributed by atoms with E-state index in [4.69, 9.17) is 4.42 Å². The van der Waals surface area contributed by atoms with Crippen LogP contribution in [0.15, 0.2) is 53.7 Å². The first kappa shape index (κ1) is 7.87. The minimum Gasteiger partial charge on any atom is -0.464 e. The third-order valence-electron chi connectivity index (χ3n) is 1.94. The van der Waals surface area contributed by atoms with Gasteiger partial charge in [0, 0.05) is 5.39 Å². The molecule has 2 rings (SSSR count). The summed E-state index contributed by atoms with van der Waals surface area (Å²) in [5, 5.41) is 1.14. The highest BCUT2D eigenvalue weighted by Crippen LogP contribution is 2.20. The van der Waals surface area contributed by atoms with E-state index < -0.39 is 0 Å². The smallest absolute Gasteiger partial charge is 0.134 e. The highest BCUT2D eigenvalue weighted by atomic mass is 16.3. The van der Waals surface area contributed by atoms with E-state index in [0.29, 0.717) is 0 Å². The lowest BCUT2D eigenvalue weighted by Crippen LogP contribution is -1.71. The molecule has 0 N–H and O–H groups in total. The fourth-order valence-electron chi connectivity index (χ4n) is 1.33. The standard InChI is InChI=1S/C12H10O/c1-2-3-5-10-6-4-7-12-11(10)8-9-13-12/h2-9H,1H2. The molecule has 1 aromatic carbocycles. The van der Waals surface area contributed by atoms with E-state index in [1.807, 2.05) is 30.4 Å². The molecule has 1 nitrogen and oxygen atoms in total. The lowest BCUT2D eigenvalue weighted by atomic mass is 10.1. The maximum Gasteiger partial charge on any atom is 0.134 e. The van der Waals surface area contributed by atoms with Gasteiger partial charge in [0.15, 0.2) is 0 Å². The predicted molar refractivity (Wildman–Crippen MR) is 55.4 cm³/mol. The summed E-state index contributed by atoms with van der Waals surface area (Å²) in [6, 6.07) is 7.96. The van der Waals surface area contributed by atoms with Gasteiger partial charge in [-0.05, 0) is 17.7 Å². The lowest BCUT2D eigenvalue weighted by molar-refractivity contribution is 0.616. The highest BCUT2D eigenvalue weighted by molar-refractivity contribution is 5.86. The largest absolute Gasteiger partial charge is 0.464 e. The van der Waals surface area contributed by atoms with Crippen molar-refractivity contribution < 1.29 is 4.42 Å². The van der Waals surface area contributed by atoms with Crippen molar-refractivity contribution in [2.45, 2.75) is 0 Å². The monoisotopic (exact) mass is 170 g/mol. The maximum atomic E-state index is 5.28. The van der Waals surface area contributed by atoms with Crippen LogP contribution in [0.5, 0.6) is 0 Å². The summed E-state index contributed by atoms with van der Waals surface area (Å²) in [5.74, 6) is 0. The molecule has 1 heterocycles. The molecule has 0 bridgehead atoms. The lowest BCUT2D eigenvalue weighted by Gasteiger charge is -1.93. The topological polar surface area (TPSA) is 13.1 Å². The third kappa shape index (κ3) is 1.41. The van der Waals surface area contributed by atoms with Gasteiger partial charge in [-0.25, -0.2) is 0 Å². The first-order valence-electron chi connectivity index (χ1n) is 4.17. The molecule has 1 aromatic heterocycles. The fraction of sp³-hybridized carbons (Fsp3) is 0. The van der Waals surface area contributed by atoms with Crippen LogP contribution >= 0.6 is 0 Å². The summed E-state index contributed by atoms with van der Waals surface area (Å²) in [6.45, 7) is 3.63. The summed E-state index contributed by atoms with van der Waals surface area (Å²) in [7, 11) is 0. The second kappa shape index (κ2) is 3.31. The number of rotatable bonds is 2. The Kier molecular flexibility index (Phi) is 2.01. The van der Waals surface area contributed by atoms with Crippen molar-refractivity contribution in [3.05, 3.63) is 54.8 Å². The van der Waals surface area contributed by atoms with Crippen LogP contribution in [0.1, 0.15) is 5.56 Å². The van der Waals surface area contributed by atoms with Crippen molar-refractivity contribution in [3.63, 3.8) is 0 Å². The highest BCUT2D eigenvalue weighted by Gasteiger charge is 1.98. The summed E-state index contributed by atoms with van der Waals surface area (Å²) in [6.07, 6.45) is 7.40. The molecule has 0 atom stereocenters. The van der Waals surface area contributed by atoms with E-state index in [-0.39, 0.29) is 0 Å². The van der Waals surface area contributed by atoms with Crippen molar-refractivity contribution in [1.82, 2.24) is 0 Å². The maximum absolute atomic E-state index is 5.28. The van der Waals surface area contributed by atoms with Crippen LogP contribution in [0.2, 0.25) is 0 Å². The fourth-order valence-corrected chi connectivity index (χ4v) is 1.33. The minimum atomic E-state index is 0.922. The van der Waals surface area contributed by atoms with Crippen molar-refractivity contribution in [3.8, 4) is 0 Å². The summed E-state index contributed by atoms with van der Waals surface area (Å²) < 4.78 is 5.28. The Morgan fingerprint density at radius 1 is 1.23 bits per heavy atom. The van der Waals surface area contributed by atoms with Gasteiger partial charge >= 0.3 is 0 Å². The molecule has 0 radical (unpaired) electrons. The van der Waals surface area contributed by atoms with E-state index in [2.05, 4.69) is 12.6 Å². The van der Waals surface area contributed by atoms with Crippen LogP contribution in [-0.2, 0) is 0 Å². The number of hydrogen-bond acceptors (Lipinski definition) is 1. The van der Waals surface area contributed by atoms with Crippen molar-refractivity contribution in [2.75, 3.05) is 0 Å². The molecular formula is C12H10O. The first-order valence-corrected chi connectivity index (χ1v) is 4.17. The molecule has 0 aliphatic carbocycles. The van der Waals surface area contributed by atoms with Crippen LogP contribution in [0, 0.1) is 0 Å². The van der Waals surface area contributed by atoms with Gasteiger partial charge in [0.05, 0.1) is 6.26 Å². The Balaban J connectivity index is 2.60. The molecular weight excluding hydrogens is 160 g/mol. The van der Waals surface area contributed by atoms with Crippen LogP contribution in [0.25, 0.3) is 17.0 Å². The van der Waals surface area contributed by atoms with Gasteiger partial charge in [-0.3, -0.25) is 0 Å². The number of furan rings is 1. The molecule has 0 aliphatic rings. The van der Waals surface area contributed by atoms with Crippen LogP contribution in [0.4, 0.5) is 0 Å². The zero-order chi connectivity index (χ0) is 9.10. The van der Waals surface area contributed by atoms with E-state index in [0.717, 1.165) is 16.5 Å². The molecule has 1 heteroatoms. The van der Waals surface area contributed by atoms with Gasteiger partial charge in [0.1, 0.15) is 5.58 Å². The van der Waals surface area contributed by atoms with E-state index in [9.17, 15) is 0 Å². The summed E-state index contributed by atoms with van der Waals surface area (Å²) in [5.41, 5.74) is 2.08. The Morgan fingerprint density at radius 2 is 2.15 bits per heavy atom. The second-order valence-corrected chi connectivity index (χ2v) is 2.77. The molecule has 0 saturated carbocycles. The quantitative estimate of drug-likeness (QED) is 0.627. The molecule has 0 fully saturated rings. The predicted octanol–water partition coefficient (Wildman–Crippen LogP) is 3.63. The summed E-state index contributed by atoms with van der Waals surface area (Å²) in [4.78, 5) is 0. The Labute approximate surface area is 77.0 Å². The van der Waals surface area contributed by atoms with Crippen LogP contribution in [-0.4, -0.2) is 0 Å². The van der Waals surface area contributed by atoms with Gasteiger partial charge in [0.2, 0.25) is 0 Å². The average Bonchev–Trinajstić information content (AvgIpc) is 2.62. The first-order chi connectivity index (χ1) is 6.42. The second-order valence-electron chi connectivity index (χ2n) is 2.77. The molecule has 0 saturated heterocycles. The van der Waals surface area contributed by atoms with E-state index >= 15 is 0 Å². The van der Waals surface area contributed by atoms with Gasteiger partial charge in [-0.15, -0.1) is 0 Å². The van der Waals surface area contributed by atoms with Gasteiger partial charge in [-0.2, -0.15) is 0 Å². The normalized spacial score (nSPS) is 11.1. The van der Waals surface area contributed by atoms with Gasteiger partial charge in [0.25, 0.3) is 0 Å². The summed E-state index contributed by atoms with van der Waals surface area (Å²) >= 11 is 0. The van der Waals surface area contributed by atoms with Gasteiger partial charge < -0.3 is 4.42 Å². The van der Waals surface area contributed by atoms with Gasteiger partial charge in [-0.1, -0.05) is 36.9 Å². The molecule has 2 aromatic rings. The Morgan fingerprint density at radius 3 is 3.00 bits per heavy atom. The van der Waals surface area contributed by atoms with E-state index in [1.54, 1.807) is 12.3 Å². The molecule has 64 valence electrons. The van der Waals surface area contributed by atoms with Crippen molar-refractivity contribution in [2.24, 2.45) is 0 Å². The molecule has 0 aliphatic heterocycles. The third-order valence-corrected chi connectivity index (χ3v) is 1.94. The average molecular weight is 170 g/mol. The zero-order valence-corrected chi connectivity index (χ0v) is 7.23. The molecule has 0 amide bonds. The Bertz CT molecular complexity index is 449. The Hall–Kier alpha value is -1.76. The number of fused-ring (bicyclic) bond motifs is 1. The number of hydrogen-bond donors (Lipinski definition) is 0. The van der Waals surface area contributed by atoms with Crippen LogP contribution in [0.3, 0.4) is 0 Å². The number of allylic oxidation sites excluding steroid dienone is 2. The van der Waals surface area contributed by atoms with Crippen LogP contribution < -0.4 is 0 Å².